The van der Waals surface area contributed by atoms with Crippen LogP contribution in [0.2, 0.25) is 0 Å². The molecule has 0 radical (unpaired) electrons. The molecule has 2 aromatic rings. The van der Waals surface area contributed by atoms with E-state index in [2.05, 4.69) is 9.97 Å². The molecule has 0 unspecified atom stereocenters. The first-order valence-electron chi connectivity index (χ1n) is 6.23. The molecular weight excluding hydrogens is 292 g/mol. The van der Waals surface area contributed by atoms with Crippen LogP contribution >= 0.6 is 0 Å². The summed E-state index contributed by atoms with van der Waals surface area (Å²) >= 11 is 0. The second kappa shape index (κ2) is 6.01. The van der Waals surface area contributed by atoms with Crippen molar-refractivity contribution in [2.75, 3.05) is 12.9 Å². The van der Waals surface area contributed by atoms with Gasteiger partial charge < -0.3 is 4.74 Å². The molecule has 0 spiro atoms. The molecule has 0 aliphatic heterocycles. The van der Waals surface area contributed by atoms with Gasteiger partial charge in [0.05, 0.1) is 12.3 Å². The van der Waals surface area contributed by atoms with Crippen molar-refractivity contribution in [3.63, 3.8) is 0 Å². The first kappa shape index (κ1) is 15.1. The van der Waals surface area contributed by atoms with Crippen molar-refractivity contribution in [3.05, 3.63) is 42.1 Å². The molecule has 0 fully saturated rings. The van der Waals surface area contributed by atoms with Gasteiger partial charge >= 0.3 is 5.97 Å². The number of nitrogens with zero attached hydrogens (tertiary/aromatic N) is 2. The van der Waals surface area contributed by atoms with Gasteiger partial charge in [-0.15, -0.1) is 0 Å². The van der Waals surface area contributed by atoms with Gasteiger partial charge in [0, 0.05) is 11.8 Å². The maximum Gasteiger partial charge on any atom is 0.357 e. The summed E-state index contributed by atoms with van der Waals surface area (Å²) in [5, 5.41) is -0.396. The minimum atomic E-state index is -3.63. The Labute approximate surface area is 122 Å². The van der Waals surface area contributed by atoms with Crippen molar-refractivity contribution in [2.24, 2.45) is 0 Å². The van der Waals surface area contributed by atoms with Crippen LogP contribution in [0.15, 0.2) is 41.6 Å². The Balaban J connectivity index is 2.61. The normalized spacial score (nSPS) is 11.1. The number of rotatable bonds is 4. The molecule has 0 saturated heterocycles. The van der Waals surface area contributed by atoms with Crippen LogP contribution in [-0.2, 0) is 14.6 Å². The third-order valence-electron chi connectivity index (χ3n) is 2.59. The van der Waals surface area contributed by atoms with Gasteiger partial charge in [0.15, 0.2) is 5.69 Å². The highest BCUT2D eigenvalue weighted by Gasteiger charge is 2.19. The monoisotopic (exact) mass is 306 g/mol. The van der Waals surface area contributed by atoms with Crippen LogP contribution in [0.5, 0.6) is 0 Å². The molecule has 7 heteroatoms. The maximum absolute atomic E-state index is 11.8. The number of esters is 1. The lowest BCUT2D eigenvalue weighted by molar-refractivity contribution is 0.0518. The molecule has 0 aliphatic rings. The topological polar surface area (TPSA) is 86.2 Å². The highest BCUT2D eigenvalue weighted by molar-refractivity contribution is 7.90. The Morgan fingerprint density at radius 2 is 1.86 bits per heavy atom. The lowest BCUT2D eigenvalue weighted by atomic mass is 10.1. The SMILES string of the molecule is CCOC(=O)c1cc(-c2ccccc2)nc(S(C)(=O)=O)n1. The number of hydrogen-bond acceptors (Lipinski definition) is 6. The van der Waals surface area contributed by atoms with E-state index in [1.165, 1.54) is 6.07 Å². The smallest absolute Gasteiger partial charge is 0.357 e. The quantitative estimate of drug-likeness (QED) is 0.631. The lowest BCUT2D eigenvalue weighted by Gasteiger charge is -2.07. The minimum Gasteiger partial charge on any atom is -0.461 e. The summed E-state index contributed by atoms with van der Waals surface area (Å²) in [6.07, 6.45) is 0.992. The predicted octanol–water partition coefficient (Wildman–Crippen LogP) is 1.72. The summed E-state index contributed by atoms with van der Waals surface area (Å²) in [6.45, 7) is 1.84. The lowest BCUT2D eigenvalue weighted by Crippen LogP contribution is -2.13. The van der Waals surface area contributed by atoms with Gasteiger partial charge in [-0.05, 0) is 13.0 Å². The average Bonchev–Trinajstić information content (AvgIpc) is 2.47. The third kappa shape index (κ3) is 3.63. The summed E-state index contributed by atoms with van der Waals surface area (Å²) in [6, 6.07) is 10.4. The zero-order chi connectivity index (χ0) is 15.5. The summed E-state index contributed by atoms with van der Waals surface area (Å²) < 4.78 is 28.2. The highest BCUT2D eigenvalue weighted by atomic mass is 32.2. The van der Waals surface area contributed by atoms with Gasteiger partial charge in [0.1, 0.15) is 0 Å². The minimum absolute atomic E-state index is 0.0777. The fraction of sp³-hybridized carbons (Fsp3) is 0.214. The number of sulfone groups is 1. The van der Waals surface area contributed by atoms with E-state index in [-0.39, 0.29) is 12.3 Å². The number of benzene rings is 1. The van der Waals surface area contributed by atoms with Crippen LogP contribution in [0.1, 0.15) is 17.4 Å². The Bertz CT molecular complexity index is 758. The molecule has 0 aliphatic carbocycles. The molecule has 1 heterocycles. The van der Waals surface area contributed by atoms with E-state index in [9.17, 15) is 13.2 Å². The van der Waals surface area contributed by atoms with Crippen LogP contribution in [0, 0.1) is 0 Å². The summed E-state index contributed by atoms with van der Waals surface area (Å²) in [5.74, 6) is -0.679. The molecule has 6 nitrogen and oxygen atoms in total. The van der Waals surface area contributed by atoms with Crippen LogP contribution < -0.4 is 0 Å². The van der Waals surface area contributed by atoms with Gasteiger partial charge in [0.25, 0.3) is 0 Å². The molecule has 0 amide bonds. The molecule has 0 bridgehead atoms. The summed E-state index contributed by atoms with van der Waals surface area (Å²) in [7, 11) is -3.63. The van der Waals surface area contributed by atoms with Crippen molar-refractivity contribution in [1.82, 2.24) is 9.97 Å². The Morgan fingerprint density at radius 3 is 2.43 bits per heavy atom. The van der Waals surface area contributed by atoms with Crippen molar-refractivity contribution < 1.29 is 17.9 Å². The molecular formula is C14H14N2O4S. The third-order valence-corrected chi connectivity index (χ3v) is 3.44. The standard InChI is InChI=1S/C14H14N2O4S/c1-3-20-13(17)12-9-11(10-7-5-4-6-8-10)15-14(16-12)21(2,18)19/h4-9H,3H2,1-2H3. The van der Waals surface area contributed by atoms with Gasteiger partial charge in [0.2, 0.25) is 15.0 Å². The second-order valence-corrected chi connectivity index (χ2v) is 6.19. The van der Waals surface area contributed by atoms with E-state index < -0.39 is 21.0 Å². The number of aromatic nitrogens is 2. The van der Waals surface area contributed by atoms with Crippen LogP contribution in [0.4, 0.5) is 0 Å². The molecule has 110 valence electrons. The number of carbonyl (C=O) groups is 1. The fourth-order valence-corrected chi connectivity index (χ4v) is 2.19. The molecule has 1 aromatic carbocycles. The second-order valence-electron chi connectivity index (χ2n) is 4.28. The van der Waals surface area contributed by atoms with Gasteiger partial charge in [-0.3, -0.25) is 0 Å². The summed E-state index contributed by atoms with van der Waals surface area (Å²) in [5.41, 5.74) is 0.968. The van der Waals surface area contributed by atoms with E-state index in [1.54, 1.807) is 31.2 Å². The van der Waals surface area contributed by atoms with Crippen molar-refractivity contribution in [3.8, 4) is 11.3 Å². The van der Waals surface area contributed by atoms with Gasteiger partial charge in [-0.2, -0.15) is 0 Å². The van der Waals surface area contributed by atoms with E-state index in [1.807, 2.05) is 6.07 Å². The first-order valence-corrected chi connectivity index (χ1v) is 8.12. The Morgan fingerprint density at radius 1 is 1.19 bits per heavy atom. The largest absolute Gasteiger partial charge is 0.461 e. The fourth-order valence-electron chi connectivity index (χ4n) is 1.66. The predicted molar refractivity (Wildman–Crippen MR) is 76.5 cm³/mol. The van der Waals surface area contributed by atoms with E-state index in [4.69, 9.17) is 4.74 Å². The van der Waals surface area contributed by atoms with Crippen molar-refractivity contribution >= 4 is 15.8 Å². The zero-order valence-electron chi connectivity index (χ0n) is 11.6. The van der Waals surface area contributed by atoms with Crippen molar-refractivity contribution in [2.45, 2.75) is 12.1 Å². The maximum atomic E-state index is 11.8. The number of ether oxygens (including phenoxy) is 1. The molecule has 0 atom stereocenters. The summed E-state index contributed by atoms with van der Waals surface area (Å²) in [4.78, 5) is 19.6. The molecule has 0 N–H and O–H groups in total. The van der Waals surface area contributed by atoms with Gasteiger partial charge in [-0.1, -0.05) is 30.3 Å². The first-order chi connectivity index (χ1) is 9.91. The highest BCUT2D eigenvalue weighted by Crippen LogP contribution is 2.19. The number of hydrogen-bond donors (Lipinski definition) is 0. The van der Waals surface area contributed by atoms with Gasteiger partial charge in [-0.25, -0.2) is 23.2 Å². The van der Waals surface area contributed by atoms with Crippen molar-refractivity contribution in [1.29, 1.82) is 0 Å². The Hall–Kier alpha value is -2.28. The average molecular weight is 306 g/mol. The molecule has 2 rings (SSSR count). The Kier molecular flexibility index (Phi) is 4.32. The van der Waals surface area contributed by atoms with Crippen LogP contribution in [-0.4, -0.2) is 37.2 Å². The van der Waals surface area contributed by atoms with E-state index >= 15 is 0 Å². The zero-order valence-corrected chi connectivity index (χ0v) is 12.4. The van der Waals surface area contributed by atoms with E-state index in [0.29, 0.717) is 11.3 Å². The van der Waals surface area contributed by atoms with Crippen LogP contribution in [0.3, 0.4) is 0 Å². The van der Waals surface area contributed by atoms with E-state index in [0.717, 1.165) is 6.26 Å². The van der Waals surface area contributed by atoms with Crippen LogP contribution in [0.25, 0.3) is 11.3 Å². The molecule has 21 heavy (non-hydrogen) atoms. The number of carbonyl (C=O) groups excluding carboxylic acids is 1. The molecule has 1 aromatic heterocycles. The molecule has 0 saturated carbocycles.